The lowest BCUT2D eigenvalue weighted by Gasteiger charge is -2.05. The van der Waals surface area contributed by atoms with E-state index in [0.717, 1.165) is 18.4 Å². The molecule has 1 N–H and O–H groups in total. The predicted octanol–water partition coefficient (Wildman–Crippen LogP) is 4.52. The van der Waals surface area contributed by atoms with Crippen molar-refractivity contribution in [1.29, 1.82) is 5.26 Å². The van der Waals surface area contributed by atoms with Gasteiger partial charge in [0.2, 0.25) is 11.7 Å². The van der Waals surface area contributed by atoms with Crippen molar-refractivity contribution in [2.75, 3.05) is 5.32 Å². The molecule has 4 rings (SSSR count). The van der Waals surface area contributed by atoms with Crippen LogP contribution in [-0.2, 0) is 0 Å². The van der Waals surface area contributed by atoms with Gasteiger partial charge in [0.25, 0.3) is 5.91 Å². The normalized spacial score (nSPS) is 14.0. The maximum absolute atomic E-state index is 12.4. The van der Waals surface area contributed by atoms with Gasteiger partial charge < -0.3 is 9.84 Å². The van der Waals surface area contributed by atoms with E-state index < -0.39 is 0 Å². The number of amides is 1. The summed E-state index contributed by atoms with van der Waals surface area (Å²) in [4.78, 5) is 16.9. The fourth-order valence-electron chi connectivity index (χ4n) is 3.29. The van der Waals surface area contributed by atoms with Crippen LogP contribution in [0.15, 0.2) is 53.1 Å². The van der Waals surface area contributed by atoms with E-state index in [1.54, 1.807) is 36.4 Å². The molecule has 0 atom stereocenters. The van der Waals surface area contributed by atoms with E-state index in [2.05, 4.69) is 15.5 Å². The monoisotopic (exact) mass is 358 g/mol. The lowest BCUT2D eigenvalue weighted by atomic mass is 10.1. The third-order valence-electron chi connectivity index (χ3n) is 4.82. The van der Waals surface area contributed by atoms with Crippen LogP contribution in [0.3, 0.4) is 0 Å². The molecule has 0 bridgehead atoms. The van der Waals surface area contributed by atoms with Gasteiger partial charge in [-0.2, -0.15) is 10.2 Å². The molecular formula is C21H18N4O2. The Hall–Kier alpha value is -3.46. The first-order valence-electron chi connectivity index (χ1n) is 8.98. The molecule has 0 saturated heterocycles. The lowest BCUT2D eigenvalue weighted by Crippen LogP contribution is -2.11. The third kappa shape index (κ3) is 3.72. The van der Waals surface area contributed by atoms with Crippen LogP contribution in [0.25, 0.3) is 11.4 Å². The van der Waals surface area contributed by atoms with Crippen LogP contribution in [0, 0.1) is 11.3 Å². The number of aromatic nitrogens is 2. The van der Waals surface area contributed by atoms with Gasteiger partial charge in [0.05, 0.1) is 11.6 Å². The van der Waals surface area contributed by atoms with Crippen molar-refractivity contribution in [2.45, 2.75) is 31.6 Å². The smallest absolute Gasteiger partial charge is 0.255 e. The first-order valence-corrected chi connectivity index (χ1v) is 8.98. The maximum Gasteiger partial charge on any atom is 0.255 e. The molecule has 0 radical (unpaired) electrons. The molecule has 134 valence electrons. The highest BCUT2D eigenvalue weighted by Gasteiger charge is 2.23. The molecule has 1 aromatic heterocycles. The van der Waals surface area contributed by atoms with Gasteiger partial charge in [0.1, 0.15) is 0 Å². The van der Waals surface area contributed by atoms with Crippen molar-refractivity contribution < 1.29 is 9.32 Å². The highest BCUT2D eigenvalue weighted by atomic mass is 16.5. The quantitative estimate of drug-likeness (QED) is 0.740. The Morgan fingerprint density at radius 1 is 1.07 bits per heavy atom. The van der Waals surface area contributed by atoms with Crippen molar-refractivity contribution in [1.82, 2.24) is 10.1 Å². The van der Waals surface area contributed by atoms with Crippen LogP contribution in [-0.4, -0.2) is 16.0 Å². The van der Waals surface area contributed by atoms with Crippen LogP contribution in [0.4, 0.5) is 5.69 Å². The Labute approximate surface area is 156 Å². The molecular weight excluding hydrogens is 340 g/mol. The molecule has 2 aromatic carbocycles. The van der Waals surface area contributed by atoms with Crippen molar-refractivity contribution in [3.63, 3.8) is 0 Å². The molecule has 1 heterocycles. The van der Waals surface area contributed by atoms with Crippen LogP contribution in [0.5, 0.6) is 0 Å². The van der Waals surface area contributed by atoms with Gasteiger partial charge in [-0.3, -0.25) is 4.79 Å². The molecule has 1 aliphatic rings. The molecule has 27 heavy (non-hydrogen) atoms. The Morgan fingerprint density at radius 2 is 1.78 bits per heavy atom. The summed E-state index contributed by atoms with van der Waals surface area (Å²) < 4.78 is 5.42. The molecule has 0 aliphatic heterocycles. The first kappa shape index (κ1) is 17.0. The van der Waals surface area contributed by atoms with E-state index in [1.165, 1.54) is 12.8 Å². The Balaban J connectivity index is 1.45. The summed E-state index contributed by atoms with van der Waals surface area (Å²) >= 11 is 0. The van der Waals surface area contributed by atoms with Gasteiger partial charge in [0.15, 0.2) is 0 Å². The number of hydrogen-bond donors (Lipinski definition) is 1. The summed E-state index contributed by atoms with van der Waals surface area (Å²) in [6, 6.07) is 15.9. The molecule has 0 spiro atoms. The average Bonchev–Trinajstić information content (AvgIpc) is 3.40. The summed E-state index contributed by atoms with van der Waals surface area (Å²) in [6.07, 6.45) is 4.64. The van der Waals surface area contributed by atoms with E-state index in [4.69, 9.17) is 9.78 Å². The van der Waals surface area contributed by atoms with Gasteiger partial charge in [-0.25, -0.2) is 0 Å². The second-order valence-corrected chi connectivity index (χ2v) is 6.66. The summed E-state index contributed by atoms with van der Waals surface area (Å²) in [5, 5.41) is 15.7. The fraction of sp³-hybridized carbons (Fsp3) is 0.238. The van der Waals surface area contributed by atoms with E-state index in [-0.39, 0.29) is 5.91 Å². The zero-order valence-corrected chi connectivity index (χ0v) is 14.7. The number of benzene rings is 2. The number of anilines is 1. The summed E-state index contributed by atoms with van der Waals surface area (Å²) in [6.45, 7) is 0. The molecule has 1 saturated carbocycles. The number of nitrogens with zero attached hydrogens (tertiary/aromatic N) is 3. The highest BCUT2D eigenvalue weighted by molar-refractivity contribution is 6.04. The zero-order chi connectivity index (χ0) is 18.6. The molecule has 3 aromatic rings. The van der Waals surface area contributed by atoms with E-state index in [0.29, 0.717) is 34.4 Å². The van der Waals surface area contributed by atoms with E-state index in [9.17, 15) is 4.79 Å². The largest absolute Gasteiger partial charge is 0.339 e. The number of carbonyl (C=O) groups is 1. The lowest BCUT2D eigenvalue weighted by molar-refractivity contribution is 0.102. The van der Waals surface area contributed by atoms with Gasteiger partial charge in [-0.15, -0.1) is 0 Å². The minimum atomic E-state index is -0.217. The Morgan fingerprint density at radius 3 is 2.44 bits per heavy atom. The van der Waals surface area contributed by atoms with Gasteiger partial charge in [0, 0.05) is 22.7 Å². The topological polar surface area (TPSA) is 91.8 Å². The standard InChI is InChI=1S/C21H18N4O2/c22-13-14-5-11-18(12-6-14)23-20(26)16-9-7-15(8-10-16)19-24-21(27-25-19)17-3-1-2-4-17/h5-12,17H,1-4H2,(H,23,26). The van der Waals surface area contributed by atoms with Crippen molar-refractivity contribution in [2.24, 2.45) is 0 Å². The SMILES string of the molecule is N#Cc1ccc(NC(=O)c2ccc(-c3noc(C4CCCC4)n3)cc2)cc1. The Bertz CT molecular complexity index is 978. The Kier molecular flexibility index (Phi) is 4.67. The fourth-order valence-corrected chi connectivity index (χ4v) is 3.29. The summed E-state index contributed by atoms with van der Waals surface area (Å²) in [7, 11) is 0. The second kappa shape index (κ2) is 7.42. The third-order valence-corrected chi connectivity index (χ3v) is 4.82. The maximum atomic E-state index is 12.4. The van der Waals surface area contributed by atoms with Crippen LogP contribution < -0.4 is 5.32 Å². The summed E-state index contributed by atoms with van der Waals surface area (Å²) in [5.41, 5.74) is 2.54. The molecule has 1 amide bonds. The first-order chi connectivity index (χ1) is 13.2. The molecule has 6 nitrogen and oxygen atoms in total. The number of carbonyl (C=O) groups excluding carboxylic acids is 1. The van der Waals surface area contributed by atoms with Crippen LogP contribution in [0.2, 0.25) is 0 Å². The molecule has 0 unspecified atom stereocenters. The van der Waals surface area contributed by atoms with Crippen molar-refractivity contribution in [3.8, 4) is 17.5 Å². The number of nitriles is 1. The van der Waals surface area contributed by atoms with Gasteiger partial charge in [-0.05, 0) is 49.2 Å². The highest BCUT2D eigenvalue weighted by Crippen LogP contribution is 2.33. The van der Waals surface area contributed by atoms with E-state index in [1.807, 2.05) is 18.2 Å². The van der Waals surface area contributed by atoms with Crippen LogP contribution >= 0.6 is 0 Å². The van der Waals surface area contributed by atoms with Crippen molar-refractivity contribution >= 4 is 11.6 Å². The van der Waals surface area contributed by atoms with Gasteiger partial charge >= 0.3 is 0 Å². The minimum Gasteiger partial charge on any atom is -0.339 e. The predicted molar refractivity (Wildman–Crippen MR) is 100 cm³/mol. The number of hydrogen-bond acceptors (Lipinski definition) is 5. The zero-order valence-electron chi connectivity index (χ0n) is 14.7. The number of rotatable bonds is 4. The average molecular weight is 358 g/mol. The minimum absolute atomic E-state index is 0.217. The second-order valence-electron chi connectivity index (χ2n) is 6.66. The molecule has 1 fully saturated rings. The molecule has 6 heteroatoms. The van der Waals surface area contributed by atoms with Gasteiger partial charge in [-0.1, -0.05) is 30.1 Å². The van der Waals surface area contributed by atoms with Crippen LogP contribution in [0.1, 0.15) is 53.4 Å². The van der Waals surface area contributed by atoms with E-state index >= 15 is 0 Å². The van der Waals surface area contributed by atoms with Crippen molar-refractivity contribution in [3.05, 3.63) is 65.5 Å². The summed E-state index contributed by atoms with van der Waals surface area (Å²) in [5.74, 6) is 1.43. The molecule has 1 aliphatic carbocycles. The number of nitrogens with one attached hydrogen (secondary N) is 1.